The molecule has 0 radical (unpaired) electrons. The Kier molecular flexibility index (Phi) is 7.76. The molecule has 140 valence electrons. The van der Waals surface area contributed by atoms with Crippen molar-refractivity contribution in [3.63, 3.8) is 0 Å². The van der Waals surface area contributed by atoms with E-state index in [0.29, 0.717) is 31.3 Å². The number of carbonyl (C=O) groups is 1. The predicted molar refractivity (Wildman–Crippen MR) is 98.9 cm³/mol. The van der Waals surface area contributed by atoms with Gasteiger partial charge in [0.15, 0.2) is 11.5 Å². The van der Waals surface area contributed by atoms with Gasteiger partial charge in [0.05, 0.1) is 27.2 Å². The first-order chi connectivity index (χ1) is 12.7. The third-order valence-corrected chi connectivity index (χ3v) is 3.78. The third-order valence-electron chi connectivity index (χ3n) is 3.78. The minimum Gasteiger partial charge on any atom is -0.493 e. The van der Waals surface area contributed by atoms with Crippen LogP contribution in [0.2, 0.25) is 0 Å². The first-order valence-corrected chi connectivity index (χ1v) is 8.34. The van der Waals surface area contributed by atoms with Crippen LogP contribution in [-0.2, 0) is 22.5 Å². The number of ether oxygens (including phenoxy) is 4. The summed E-state index contributed by atoms with van der Waals surface area (Å²) in [5, 5.41) is 2.91. The van der Waals surface area contributed by atoms with Gasteiger partial charge < -0.3 is 24.3 Å². The predicted octanol–water partition coefficient (Wildman–Crippen LogP) is 2.59. The number of hydrogen-bond acceptors (Lipinski definition) is 5. The van der Waals surface area contributed by atoms with E-state index in [1.54, 1.807) is 27.4 Å². The van der Waals surface area contributed by atoms with Gasteiger partial charge in [-0.25, -0.2) is 0 Å². The van der Waals surface area contributed by atoms with Crippen LogP contribution in [0.3, 0.4) is 0 Å². The van der Waals surface area contributed by atoms with Crippen LogP contribution in [0.5, 0.6) is 17.2 Å². The van der Waals surface area contributed by atoms with Crippen LogP contribution >= 0.6 is 0 Å². The monoisotopic (exact) mass is 359 g/mol. The second-order valence-corrected chi connectivity index (χ2v) is 5.63. The molecule has 0 aromatic heterocycles. The van der Waals surface area contributed by atoms with Gasteiger partial charge in [0.25, 0.3) is 0 Å². The standard InChI is InChI=1S/C20H25NO5/c1-23-10-11-26-17-7-4-15(5-8-17)14-21-20(22)13-16-6-9-18(24-2)19(12-16)25-3/h4-9,12H,10-11,13-14H2,1-3H3,(H,21,22). The van der Waals surface area contributed by atoms with E-state index < -0.39 is 0 Å². The van der Waals surface area contributed by atoms with E-state index >= 15 is 0 Å². The highest BCUT2D eigenvalue weighted by molar-refractivity contribution is 5.78. The Balaban J connectivity index is 1.83. The summed E-state index contributed by atoms with van der Waals surface area (Å²) in [6.45, 7) is 1.52. The Hall–Kier alpha value is -2.73. The topological polar surface area (TPSA) is 66.0 Å². The summed E-state index contributed by atoms with van der Waals surface area (Å²) in [7, 11) is 4.79. The van der Waals surface area contributed by atoms with Gasteiger partial charge in [0, 0.05) is 13.7 Å². The molecule has 0 aliphatic carbocycles. The van der Waals surface area contributed by atoms with E-state index in [1.165, 1.54) is 0 Å². The molecule has 0 saturated carbocycles. The second-order valence-electron chi connectivity index (χ2n) is 5.63. The SMILES string of the molecule is COCCOc1ccc(CNC(=O)Cc2ccc(OC)c(OC)c2)cc1. The van der Waals surface area contributed by atoms with Crippen molar-refractivity contribution in [2.45, 2.75) is 13.0 Å². The maximum absolute atomic E-state index is 12.2. The van der Waals surface area contributed by atoms with Crippen molar-refractivity contribution >= 4 is 5.91 Å². The van der Waals surface area contributed by atoms with E-state index in [0.717, 1.165) is 16.9 Å². The Bertz CT molecular complexity index is 700. The highest BCUT2D eigenvalue weighted by atomic mass is 16.5. The van der Waals surface area contributed by atoms with Crippen LogP contribution in [0, 0.1) is 0 Å². The molecular weight excluding hydrogens is 334 g/mol. The van der Waals surface area contributed by atoms with Gasteiger partial charge in [-0.1, -0.05) is 18.2 Å². The fourth-order valence-corrected chi connectivity index (χ4v) is 2.39. The van der Waals surface area contributed by atoms with Crippen molar-refractivity contribution < 1.29 is 23.7 Å². The number of amides is 1. The molecular formula is C20H25NO5. The highest BCUT2D eigenvalue weighted by Crippen LogP contribution is 2.27. The molecule has 2 aromatic carbocycles. The average molecular weight is 359 g/mol. The Labute approximate surface area is 154 Å². The summed E-state index contributed by atoms with van der Waals surface area (Å²) >= 11 is 0. The lowest BCUT2D eigenvalue weighted by atomic mass is 10.1. The normalized spacial score (nSPS) is 10.3. The zero-order valence-corrected chi connectivity index (χ0v) is 15.4. The number of carbonyl (C=O) groups excluding carboxylic acids is 1. The zero-order valence-electron chi connectivity index (χ0n) is 15.4. The van der Waals surface area contributed by atoms with Gasteiger partial charge in [0.2, 0.25) is 5.91 Å². The van der Waals surface area contributed by atoms with Gasteiger partial charge >= 0.3 is 0 Å². The maximum Gasteiger partial charge on any atom is 0.224 e. The molecule has 0 aliphatic rings. The molecule has 0 unspecified atom stereocenters. The minimum atomic E-state index is -0.0577. The molecule has 0 atom stereocenters. The third kappa shape index (κ3) is 5.97. The van der Waals surface area contributed by atoms with Crippen molar-refractivity contribution in [2.24, 2.45) is 0 Å². The van der Waals surface area contributed by atoms with Crippen molar-refractivity contribution in [2.75, 3.05) is 34.5 Å². The van der Waals surface area contributed by atoms with E-state index in [9.17, 15) is 4.79 Å². The van der Waals surface area contributed by atoms with Gasteiger partial charge in [-0.3, -0.25) is 4.79 Å². The van der Waals surface area contributed by atoms with Crippen molar-refractivity contribution in [3.8, 4) is 17.2 Å². The summed E-state index contributed by atoms with van der Waals surface area (Å²) in [6, 6.07) is 13.1. The van der Waals surface area contributed by atoms with E-state index in [1.807, 2.05) is 36.4 Å². The lowest BCUT2D eigenvalue weighted by Crippen LogP contribution is -2.24. The second kappa shape index (κ2) is 10.3. The molecule has 26 heavy (non-hydrogen) atoms. The number of hydrogen-bond donors (Lipinski definition) is 1. The minimum absolute atomic E-state index is 0.0577. The van der Waals surface area contributed by atoms with Crippen LogP contribution in [-0.4, -0.2) is 40.5 Å². The molecule has 0 aliphatic heterocycles. The molecule has 6 heteroatoms. The molecule has 6 nitrogen and oxygen atoms in total. The zero-order chi connectivity index (χ0) is 18.8. The summed E-state index contributed by atoms with van der Waals surface area (Å²) in [4.78, 5) is 12.2. The van der Waals surface area contributed by atoms with Gasteiger partial charge in [-0.2, -0.15) is 0 Å². The summed E-state index contributed by atoms with van der Waals surface area (Å²) in [6.07, 6.45) is 0.276. The summed E-state index contributed by atoms with van der Waals surface area (Å²) in [5.41, 5.74) is 1.87. The molecule has 0 spiro atoms. The molecule has 0 saturated heterocycles. The number of rotatable bonds is 10. The Morgan fingerprint density at radius 3 is 2.23 bits per heavy atom. The summed E-state index contributed by atoms with van der Waals surface area (Å²) < 4.78 is 20.9. The van der Waals surface area contributed by atoms with Gasteiger partial charge in [0.1, 0.15) is 12.4 Å². The quantitative estimate of drug-likeness (QED) is 0.661. The molecule has 1 amide bonds. The Morgan fingerprint density at radius 2 is 1.58 bits per heavy atom. The van der Waals surface area contributed by atoms with E-state index in [2.05, 4.69) is 5.32 Å². The largest absolute Gasteiger partial charge is 0.493 e. The van der Waals surface area contributed by atoms with Crippen LogP contribution in [0.25, 0.3) is 0 Å². The molecule has 0 bridgehead atoms. The smallest absolute Gasteiger partial charge is 0.224 e. The average Bonchev–Trinajstić information content (AvgIpc) is 2.67. The maximum atomic E-state index is 12.2. The molecule has 2 rings (SSSR count). The van der Waals surface area contributed by atoms with Gasteiger partial charge in [-0.05, 0) is 35.4 Å². The van der Waals surface area contributed by atoms with Crippen molar-refractivity contribution in [1.29, 1.82) is 0 Å². The van der Waals surface area contributed by atoms with Crippen LogP contribution in [0.15, 0.2) is 42.5 Å². The van der Waals surface area contributed by atoms with Crippen molar-refractivity contribution in [3.05, 3.63) is 53.6 Å². The molecule has 1 N–H and O–H groups in total. The van der Waals surface area contributed by atoms with Gasteiger partial charge in [-0.15, -0.1) is 0 Å². The lowest BCUT2D eigenvalue weighted by molar-refractivity contribution is -0.120. The van der Waals surface area contributed by atoms with Crippen LogP contribution in [0.1, 0.15) is 11.1 Å². The fourth-order valence-electron chi connectivity index (χ4n) is 2.39. The molecule has 0 heterocycles. The number of benzene rings is 2. The van der Waals surface area contributed by atoms with E-state index in [4.69, 9.17) is 18.9 Å². The highest BCUT2D eigenvalue weighted by Gasteiger charge is 2.08. The summed E-state index contributed by atoms with van der Waals surface area (Å²) in [5.74, 6) is 1.98. The first kappa shape index (κ1) is 19.6. The fraction of sp³-hybridized carbons (Fsp3) is 0.350. The van der Waals surface area contributed by atoms with Crippen molar-refractivity contribution in [1.82, 2.24) is 5.32 Å². The number of methoxy groups -OCH3 is 3. The van der Waals surface area contributed by atoms with Crippen LogP contribution in [0.4, 0.5) is 0 Å². The lowest BCUT2D eigenvalue weighted by Gasteiger charge is -2.10. The number of nitrogens with one attached hydrogen (secondary N) is 1. The molecule has 2 aromatic rings. The molecule has 0 fully saturated rings. The van der Waals surface area contributed by atoms with E-state index in [-0.39, 0.29) is 12.3 Å². The van der Waals surface area contributed by atoms with Crippen LogP contribution < -0.4 is 19.5 Å². The first-order valence-electron chi connectivity index (χ1n) is 8.34. The Morgan fingerprint density at radius 1 is 0.885 bits per heavy atom.